The van der Waals surface area contributed by atoms with Gasteiger partial charge in [0, 0.05) is 21.5 Å². The van der Waals surface area contributed by atoms with Crippen LogP contribution in [0, 0.1) is 0 Å². The normalized spacial score (nSPS) is 11.1. The lowest BCUT2D eigenvalue weighted by atomic mass is 10.0. The number of hydrogen-bond donors (Lipinski definition) is 2. The zero-order valence-corrected chi connectivity index (χ0v) is 12.3. The summed E-state index contributed by atoms with van der Waals surface area (Å²) in [6, 6.07) is 15.9. The third-order valence-electron chi connectivity index (χ3n) is 3.62. The number of rotatable bonds is 2. The van der Waals surface area contributed by atoms with E-state index in [2.05, 4.69) is 9.97 Å². The van der Waals surface area contributed by atoms with Crippen molar-refractivity contribution in [3.05, 3.63) is 59.8 Å². The Balaban J connectivity index is 2.03. The molecule has 4 rings (SSSR count). The highest BCUT2D eigenvalue weighted by atomic mass is 35.5. The first-order valence-electron chi connectivity index (χ1n) is 6.80. The number of nitrogens with zero attached hydrogens (tertiary/aromatic N) is 1. The van der Waals surface area contributed by atoms with E-state index in [-0.39, 0.29) is 6.01 Å². The molecular weight excluding hydrogens is 298 g/mol. The summed E-state index contributed by atoms with van der Waals surface area (Å²) >= 11 is 5.98. The van der Waals surface area contributed by atoms with E-state index >= 15 is 0 Å². The van der Waals surface area contributed by atoms with Gasteiger partial charge in [-0.05, 0) is 23.8 Å². The molecule has 108 valence electrons. The summed E-state index contributed by atoms with van der Waals surface area (Å²) in [6.45, 7) is 0. The monoisotopic (exact) mass is 309 g/mol. The van der Waals surface area contributed by atoms with Gasteiger partial charge in [0.25, 0.3) is 6.01 Å². The van der Waals surface area contributed by atoms with E-state index in [4.69, 9.17) is 21.8 Å². The Bertz CT molecular complexity index is 954. The molecule has 0 radical (unpaired) electrons. The number of nitrogens with one attached hydrogen (secondary N) is 1. The summed E-state index contributed by atoms with van der Waals surface area (Å²) in [5.74, 6) is 0. The SMILES string of the molecule is Nc1nc(-c2c(-c3ccc(Cl)cc3)[nH]c3ccccc23)co1. The number of halogens is 1. The van der Waals surface area contributed by atoms with Crippen molar-refractivity contribution in [1.82, 2.24) is 9.97 Å². The van der Waals surface area contributed by atoms with Crippen LogP contribution in [-0.4, -0.2) is 9.97 Å². The van der Waals surface area contributed by atoms with Gasteiger partial charge in [-0.25, -0.2) is 0 Å². The zero-order valence-electron chi connectivity index (χ0n) is 11.5. The highest BCUT2D eigenvalue weighted by Crippen LogP contribution is 2.38. The summed E-state index contributed by atoms with van der Waals surface area (Å²) in [6.07, 6.45) is 1.57. The fraction of sp³-hybridized carbons (Fsp3) is 0. The van der Waals surface area contributed by atoms with Gasteiger partial charge in [-0.15, -0.1) is 0 Å². The summed E-state index contributed by atoms with van der Waals surface area (Å²) in [4.78, 5) is 7.71. The topological polar surface area (TPSA) is 67.8 Å². The van der Waals surface area contributed by atoms with Gasteiger partial charge in [0.05, 0.1) is 5.69 Å². The molecule has 0 aliphatic carbocycles. The minimum Gasteiger partial charge on any atom is -0.432 e. The first kappa shape index (κ1) is 13.0. The molecule has 5 heteroatoms. The van der Waals surface area contributed by atoms with Gasteiger partial charge in [0.2, 0.25) is 0 Å². The second-order valence-electron chi connectivity index (χ2n) is 5.00. The first-order chi connectivity index (χ1) is 10.7. The average Bonchev–Trinajstić information content (AvgIpc) is 3.11. The summed E-state index contributed by atoms with van der Waals surface area (Å²) in [5, 5.41) is 1.77. The second kappa shape index (κ2) is 4.93. The van der Waals surface area contributed by atoms with Crippen molar-refractivity contribution >= 4 is 28.5 Å². The van der Waals surface area contributed by atoms with Gasteiger partial charge in [0.15, 0.2) is 0 Å². The van der Waals surface area contributed by atoms with Gasteiger partial charge in [-0.3, -0.25) is 0 Å². The van der Waals surface area contributed by atoms with E-state index in [1.165, 1.54) is 0 Å². The summed E-state index contributed by atoms with van der Waals surface area (Å²) in [5.41, 5.74) is 10.3. The molecule has 2 aromatic carbocycles. The molecule has 4 aromatic rings. The Morgan fingerprint density at radius 3 is 2.55 bits per heavy atom. The van der Waals surface area contributed by atoms with Crippen LogP contribution in [0.15, 0.2) is 59.2 Å². The number of anilines is 1. The van der Waals surface area contributed by atoms with Crippen LogP contribution in [0.4, 0.5) is 6.01 Å². The van der Waals surface area contributed by atoms with Gasteiger partial charge in [0.1, 0.15) is 12.0 Å². The van der Waals surface area contributed by atoms with Crippen molar-refractivity contribution in [2.24, 2.45) is 0 Å². The standard InChI is InChI=1S/C17H12ClN3O/c18-11-7-5-10(6-8-11)16-15(14-9-22-17(19)21-14)12-3-1-2-4-13(12)20-16/h1-9,20H,(H2,19,21). The van der Waals surface area contributed by atoms with Crippen LogP contribution in [0.25, 0.3) is 33.4 Å². The van der Waals surface area contributed by atoms with E-state index in [1.807, 2.05) is 48.5 Å². The number of nitrogens with two attached hydrogens (primary N) is 1. The second-order valence-corrected chi connectivity index (χ2v) is 5.43. The van der Waals surface area contributed by atoms with E-state index in [1.54, 1.807) is 6.26 Å². The van der Waals surface area contributed by atoms with Gasteiger partial charge >= 0.3 is 0 Å². The van der Waals surface area contributed by atoms with Crippen molar-refractivity contribution in [3.8, 4) is 22.5 Å². The maximum absolute atomic E-state index is 5.98. The lowest BCUT2D eigenvalue weighted by Crippen LogP contribution is -1.85. The van der Waals surface area contributed by atoms with Crippen LogP contribution in [0.1, 0.15) is 0 Å². The Kier molecular flexibility index (Phi) is 2.91. The predicted molar refractivity (Wildman–Crippen MR) is 88.7 cm³/mol. The molecule has 0 unspecified atom stereocenters. The van der Waals surface area contributed by atoms with Crippen molar-refractivity contribution < 1.29 is 4.42 Å². The van der Waals surface area contributed by atoms with Gasteiger partial charge < -0.3 is 15.1 Å². The number of hydrogen-bond acceptors (Lipinski definition) is 3. The smallest absolute Gasteiger partial charge is 0.292 e. The van der Waals surface area contributed by atoms with E-state index < -0.39 is 0 Å². The third kappa shape index (κ3) is 2.05. The molecule has 0 fully saturated rings. The largest absolute Gasteiger partial charge is 0.432 e. The van der Waals surface area contributed by atoms with Gasteiger partial charge in [-0.1, -0.05) is 41.9 Å². The maximum Gasteiger partial charge on any atom is 0.292 e. The van der Waals surface area contributed by atoms with Crippen LogP contribution < -0.4 is 5.73 Å². The van der Waals surface area contributed by atoms with Crippen LogP contribution in [0.3, 0.4) is 0 Å². The van der Waals surface area contributed by atoms with E-state index in [0.29, 0.717) is 10.7 Å². The van der Waals surface area contributed by atoms with E-state index in [0.717, 1.165) is 27.7 Å². The van der Waals surface area contributed by atoms with Crippen LogP contribution in [0.2, 0.25) is 5.02 Å². The average molecular weight is 310 g/mol. The van der Waals surface area contributed by atoms with Crippen molar-refractivity contribution in [2.45, 2.75) is 0 Å². The molecule has 0 bridgehead atoms. The third-order valence-corrected chi connectivity index (χ3v) is 3.87. The molecule has 2 aromatic heterocycles. The number of para-hydroxylation sites is 1. The Morgan fingerprint density at radius 1 is 1.05 bits per heavy atom. The predicted octanol–water partition coefficient (Wildman–Crippen LogP) is 4.73. The number of H-pyrrole nitrogens is 1. The number of fused-ring (bicyclic) bond motifs is 1. The molecular formula is C17H12ClN3O. The van der Waals surface area contributed by atoms with E-state index in [9.17, 15) is 0 Å². The Hall–Kier alpha value is -2.72. The fourth-order valence-electron chi connectivity index (χ4n) is 2.64. The lowest BCUT2D eigenvalue weighted by molar-refractivity contribution is 0.581. The fourth-order valence-corrected chi connectivity index (χ4v) is 2.77. The molecule has 0 atom stereocenters. The van der Waals surface area contributed by atoms with Crippen LogP contribution in [0.5, 0.6) is 0 Å². The minimum atomic E-state index is 0.155. The van der Waals surface area contributed by atoms with Gasteiger partial charge in [-0.2, -0.15) is 4.98 Å². The Morgan fingerprint density at radius 2 is 1.82 bits per heavy atom. The Labute approximate surface area is 131 Å². The molecule has 0 aliphatic rings. The summed E-state index contributed by atoms with van der Waals surface area (Å²) in [7, 11) is 0. The molecule has 22 heavy (non-hydrogen) atoms. The highest BCUT2D eigenvalue weighted by Gasteiger charge is 2.17. The minimum absolute atomic E-state index is 0.155. The first-order valence-corrected chi connectivity index (χ1v) is 7.18. The van der Waals surface area contributed by atoms with Crippen molar-refractivity contribution in [1.29, 1.82) is 0 Å². The highest BCUT2D eigenvalue weighted by molar-refractivity contribution is 6.30. The number of oxazole rings is 1. The molecule has 0 amide bonds. The molecule has 0 aliphatic heterocycles. The zero-order chi connectivity index (χ0) is 15.1. The molecule has 3 N–H and O–H groups in total. The van der Waals surface area contributed by atoms with Crippen molar-refractivity contribution in [3.63, 3.8) is 0 Å². The molecule has 4 nitrogen and oxygen atoms in total. The number of nitrogen functional groups attached to an aromatic ring is 1. The molecule has 0 spiro atoms. The van der Waals surface area contributed by atoms with Crippen LogP contribution >= 0.6 is 11.6 Å². The van der Waals surface area contributed by atoms with Crippen molar-refractivity contribution in [2.75, 3.05) is 5.73 Å². The molecule has 0 saturated carbocycles. The maximum atomic E-state index is 5.98. The summed E-state index contributed by atoms with van der Waals surface area (Å²) < 4.78 is 5.18. The lowest BCUT2D eigenvalue weighted by Gasteiger charge is -2.02. The molecule has 0 saturated heterocycles. The van der Waals surface area contributed by atoms with Crippen LogP contribution in [-0.2, 0) is 0 Å². The molecule has 2 heterocycles. The number of aromatic nitrogens is 2. The quantitative estimate of drug-likeness (QED) is 0.562. The number of aromatic amines is 1. The number of benzene rings is 2.